The first-order valence-electron chi connectivity index (χ1n) is 9.38. The van der Waals surface area contributed by atoms with Gasteiger partial charge < -0.3 is 10.6 Å². The Labute approximate surface area is 176 Å². The summed E-state index contributed by atoms with van der Waals surface area (Å²) in [5.41, 5.74) is 6.53. The van der Waals surface area contributed by atoms with Gasteiger partial charge in [-0.3, -0.25) is 9.59 Å². The number of halogens is 1. The lowest BCUT2D eigenvalue weighted by Gasteiger charge is -2.34. The summed E-state index contributed by atoms with van der Waals surface area (Å²) >= 11 is 0. The molecule has 29 heavy (non-hydrogen) atoms. The van der Waals surface area contributed by atoms with Crippen molar-refractivity contribution in [2.24, 2.45) is 11.7 Å². The van der Waals surface area contributed by atoms with Crippen molar-refractivity contribution in [2.45, 2.75) is 35.6 Å². The normalized spacial score (nSPS) is 19.0. The highest BCUT2D eigenvalue weighted by Crippen LogP contribution is 2.35. The number of sulfone groups is 1. The molecule has 1 saturated heterocycles. The van der Waals surface area contributed by atoms with Crippen LogP contribution in [0.3, 0.4) is 0 Å². The van der Waals surface area contributed by atoms with E-state index in [4.69, 9.17) is 5.73 Å². The summed E-state index contributed by atoms with van der Waals surface area (Å²) < 4.78 is 26.0. The summed E-state index contributed by atoms with van der Waals surface area (Å²) in [4.78, 5) is 27.3. The molecule has 2 heterocycles. The number of carbonyl (C=O) groups is 2. The quantitative estimate of drug-likeness (QED) is 0.668. The monoisotopic (exact) mass is 434 g/mol. The molecule has 0 spiro atoms. The third-order valence-corrected chi connectivity index (χ3v) is 7.61. The molecule has 0 aromatic heterocycles. The minimum atomic E-state index is -3.85. The molecule has 2 N–H and O–H groups in total. The third kappa shape index (κ3) is 3.58. The first-order chi connectivity index (χ1) is 13.3. The molecule has 0 bridgehead atoms. The van der Waals surface area contributed by atoms with E-state index in [1.165, 1.54) is 24.3 Å². The van der Waals surface area contributed by atoms with Crippen LogP contribution in [0.25, 0.3) is 0 Å². The van der Waals surface area contributed by atoms with Crippen LogP contribution in [0.15, 0.2) is 52.3 Å². The maximum Gasteiger partial charge on any atom is 0.253 e. The molecule has 154 valence electrons. The molecule has 4 rings (SSSR count). The van der Waals surface area contributed by atoms with Gasteiger partial charge in [0.2, 0.25) is 9.84 Å². The topological polar surface area (TPSA) is 97.5 Å². The van der Waals surface area contributed by atoms with Gasteiger partial charge in [-0.25, -0.2) is 8.42 Å². The first-order valence-corrected chi connectivity index (χ1v) is 10.9. The molecular formula is C21H23ClN2O4S. The smallest absolute Gasteiger partial charge is 0.253 e. The predicted octanol–water partition coefficient (Wildman–Crippen LogP) is 2.69. The molecule has 1 atom stereocenters. The van der Waals surface area contributed by atoms with E-state index >= 15 is 0 Å². The molecule has 1 fully saturated rings. The van der Waals surface area contributed by atoms with Crippen LogP contribution in [0, 0.1) is 5.92 Å². The highest BCUT2D eigenvalue weighted by atomic mass is 35.5. The number of carbonyl (C=O) groups excluding carboxylic acids is 2. The van der Waals surface area contributed by atoms with Gasteiger partial charge in [-0.15, -0.1) is 12.4 Å². The number of hydrogen-bond donors (Lipinski definition) is 1. The fourth-order valence-electron chi connectivity index (χ4n) is 4.03. The molecule has 2 aliphatic rings. The summed E-state index contributed by atoms with van der Waals surface area (Å²) in [5.74, 6) is -0.160. The summed E-state index contributed by atoms with van der Waals surface area (Å²) in [6.07, 6.45) is 1.66. The van der Waals surface area contributed by atoms with Crippen molar-refractivity contribution in [1.29, 1.82) is 0 Å². The van der Waals surface area contributed by atoms with E-state index in [-0.39, 0.29) is 56.6 Å². The molecule has 0 aliphatic carbocycles. The van der Waals surface area contributed by atoms with E-state index in [0.717, 1.165) is 12.8 Å². The average Bonchev–Trinajstić information content (AvgIpc) is 2.71. The molecule has 8 heteroatoms. The van der Waals surface area contributed by atoms with Gasteiger partial charge in [0.1, 0.15) is 0 Å². The number of piperidine rings is 1. The lowest BCUT2D eigenvalue weighted by atomic mass is 9.90. The van der Waals surface area contributed by atoms with E-state index in [9.17, 15) is 18.0 Å². The number of benzene rings is 2. The second kappa shape index (κ2) is 7.89. The molecule has 2 aromatic carbocycles. The van der Waals surface area contributed by atoms with Crippen LogP contribution in [0.4, 0.5) is 0 Å². The van der Waals surface area contributed by atoms with Crippen LogP contribution in [-0.4, -0.2) is 44.1 Å². The van der Waals surface area contributed by atoms with Crippen LogP contribution < -0.4 is 5.73 Å². The van der Waals surface area contributed by atoms with Crippen molar-refractivity contribution in [1.82, 2.24) is 4.90 Å². The Hall–Kier alpha value is -2.22. The number of fused-ring (bicyclic) bond motifs is 2. The number of nitrogens with zero attached hydrogens (tertiary/aromatic N) is 1. The molecule has 6 nitrogen and oxygen atoms in total. The number of rotatable bonds is 2. The van der Waals surface area contributed by atoms with Crippen molar-refractivity contribution in [3.8, 4) is 0 Å². The van der Waals surface area contributed by atoms with Gasteiger partial charge in [-0.05, 0) is 56.0 Å². The predicted molar refractivity (Wildman–Crippen MR) is 111 cm³/mol. The molecule has 1 amide bonds. The van der Waals surface area contributed by atoms with Crippen LogP contribution in [0.1, 0.15) is 46.0 Å². The fourth-order valence-corrected chi connectivity index (χ4v) is 5.71. The molecule has 0 saturated carbocycles. The van der Waals surface area contributed by atoms with E-state index in [0.29, 0.717) is 19.0 Å². The SMILES string of the molecule is CC(N)C1CCN(C(=O)c2ccc3c(c2)S(=O)(=O)c2ccccc2C3=O)CC1.Cl. The molecule has 2 aliphatic heterocycles. The number of amides is 1. The van der Waals surface area contributed by atoms with Gasteiger partial charge in [0.25, 0.3) is 5.91 Å². The van der Waals surface area contributed by atoms with Gasteiger partial charge in [-0.1, -0.05) is 12.1 Å². The standard InChI is InChI=1S/C21H22N2O4S.ClH/c1-13(22)14-8-10-23(11-9-14)21(25)15-6-7-17-19(12-15)28(26,27)18-5-3-2-4-16(18)20(17)24;/h2-7,12-14H,8-11,22H2,1H3;1H. The molecule has 1 unspecified atom stereocenters. The second-order valence-corrected chi connectivity index (χ2v) is 9.41. The highest BCUT2D eigenvalue weighted by Gasteiger charge is 2.35. The van der Waals surface area contributed by atoms with Crippen LogP contribution in [0.5, 0.6) is 0 Å². The Bertz CT molecular complexity index is 1070. The van der Waals surface area contributed by atoms with Crippen molar-refractivity contribution in [3.05, 3.63) is 59.2 Å². The van der Waals surface area contributed by atoms with Gasteiger partial charge in [-0.2, -0.15) is 0 Å². The first kappa shape index (κ1) is 21.5. The Morgan fingerprint density at radius 3 is 2.34 bits per heavy atom. The van der Waals surface area contributed by atoms with E-state index in [1.807, 2.05) is 6.92 Å². The maximum absolute atomic E-state index is 13.0. The van der Waals surface area contributed by atoms with Gasteiger partial charge >= 0.3 is 0 Å². The zero-order valence-corrected chi connectivity index (χ0v) is 17.6. The number of ketones is 1. The molecule has 0 radical (unpaired) electrons. The minimum absolute atomic E-state index is 0. The minimum Gasteiger partial charge on any atom is -0.339 e. The lowest BCUT2D eigenvalue weighted by Crippen LogP contribution is -2.42. The van der Waals surface area contributed by atoms with E-state index in [1.54, 1.807) is 23.1 Å². The average molecular weight is 435 g/mol. The summed E-state index contributed by atoms with van der Waals surface area (Å²) in [7, 11) is -3.85. The molecular weight excluding hydrogens is 412 g/mol. The zero-order chi connectivity index (χ0) is 20.1. The van der Waals surface area contributed by atoms with Crippen molar-refractivity contribution in [3.63, 3.8) is 0 Å². The van der Waals surface area contributed by atoms with Crippen molar-refractivity contribution in [2.75, 3.05) is 13.1 Å². The van der Waals surface area contributed by atoms with Gasteiger partial charge in [0, 0.05) is 35.8 Å². The summed E-state index contributed by atoms with van der Waals surface area (Å²) in [5, 5.41) is 0. The van der Waals surface area contributed by atoms with E-state index < -0.39 is 9.84 Å². The Morgan fingerprint density at radius 2 is 1.69 bits per heavy atom. The van der Waals surface area contributed by atoms with Crippen LogP contribution in [-0.2, 0) is 9.84 Å². The van der Waals surface area contributed by atoms with Crippen LogP contribution >= 0.6 is 12.4 Å². The zero-order valence-electron chi connectivity index (χ0n) is 16.0. The number of nitrogens with two attached hydrogens (primary N) is 1. The van der Waals surface area contributed by atoms with Crippen molar-refractivity contribution < 1.29 is 18.0 Å². The Kier molecular flexibility index (Phi) is 5.85. The van der Waals surface area contributed by atoms with E-state index in [2.05, 4.69) is 0 Å². The fraction of sp³-hybridized carbons (Fsp3) is 0.333. The number of hydrogen-bond acceptors (Lipinski definition) is 5. The van der Waals surface area contributed by atoms with Crippen LogP contribution in [0.2, 0.25) is 0 Å². The highest BCUT2D eigenvalue weighted by molar-refractivity contribution is 7.91. The lowest BCUT2D eigenvalue weighted by molar-refractivity contribution is 0.0680. The largest absolute Gasteiger partial charge is 0.339 e. The van der Waals surface area contributed by atoms with Gasteiger partial charge in [0.05, 0.1) is 9.79 Å². The van der Waals surface area contributed by atoms with Crippen molar-refractivity contribution >= 4 is 33.9 Å². The number of likely N-dealkylation sites (tertiary alicyclic amines) is 1. The third-order valence-electron chi connectivity index (χ3n) is 5.75. The summed E-state index contributed by atoms with van der Waals surface area (Å²) in [6.45, 7) is 3.17. The Balaban J connectivity index is 0.00000240. The Morgan fingerprint density at radius 1 is 1.07 bits per heavy atom. The second-order valence-electron chi connectivity index (χ2n) is 7.53. The maximum atomic E-state index is 13.0. The summed E-state index contributed by atoms with van der Waals surface area (Å²) in [6, 6.07) is 10.6. The molecule has 2 aromatic rings. The van der Waals surface area contributed by atoms with Gasteiger partial charge in [0.15, 0.2) is 5.78 Å².